The molecule has 4 nitrogen and oxygen atoms in total. The van der Waals surface area contributed by atoms with Crippen molar-refractivity contribution in [3.63, 3.8) is 0 Å². The molecule has 0 saturated heterocycles. The van der Waals surface area contributed by atoms with Gasteiger partial charge in [0.25, 0.3) is 5.91 Å². The lowest BCUT2D eigenvalue weighted by Crippen LogP contribution is -2.26. The highest BCUT2D eigenvalue weighted by molar-refractivity contribution is 5.94. The number of amides is 1. The summed E-state index contributed by atoms with van der Waals surface area (Å²) in [5.41, 5.74) is 2.42. The fourth-order valence-corrected chi connectivity index (χ4v) is 1.90. The lowest BCUT2D eigenvalue weighted by molar-refractivity contribution is 0.0940. The van der Waals surface area contributed by atoms with Crippen LogP contribution in [-0.2, 0) is 7.05 Å². The van der Waals surface area contributed by atoms with Crippen LogP contribution in [-0.4, -0.2) is 15.7 Å². The summed E-state index contributed by atoms with van der Waals surface area (Å²) in [6.07, 6.45) is 1.74. The molecule has 1 heterocycles. The summed E-state index contributed by atoms with van der Waals surface area (Å²) >= 11 is 0. The van der Waals surface area contributed by atoms with Crippen LogP contribution in [0.5, 0.6) is 0 Å². The van der Waals surface area contributed by atoms with Crippen molar-refractivity contribution in [3.05, 3.63) is 53.1 Å². The second-order valence-corrected chi connectivity index (χ2v) is 4.51. The van der Waals surface area contributed by atoms with Crippen LogP contribution < -0.4 is 5.32 Å². The van der Waals surface area contributed by atoms with Gasteiger partial charge in [0.2, 0.25) is 0 Å². The topological polar surface area (TPSA) is 46.9 Å². The van der Waals surface area contributed by atoms with Gasteiger partial charge in [-0.2, -0.15) is 5.10 Å². The molecule has 0 spiro atoms. The molecule has 19 heavy (non-hydrogen) atoms. The molecule has 0 bridgehead atoms. The highest BCUT2D eigenvalue weighted by Gasteiger charge is 2.15. The Bertz CT molecular complexity index is 589. The summed E-state index contributed by atoms with van der Waals surface area (Å²) in [6, 6.07) is 5.33. The Kier molecular flexibility index (Phi) is 3.64. The van der Waals surface area contributed by atoms with Gasteiger partial charge >= 0.3 is 0 Å². The van der Waals surface area contributed by atoms with E-state index in [1.807, 2.05) is 20.9 Å². The van der Waals surface area contributed by atoms with Crippen molar-refractivity contribution in [2.75, 3.05) is 0 Å². The van der Waals surface area contributed by atoms with Gasteiger partial charge in [0.05, 0.1) is 12.2 Å². The number of halogens is 1. The van der Waals surface area contributed by atoms with Gasteiger partial charge in [-0.25, -0.2) is 4.39 Å². The predicted molar refractivity (Wildman–Crippen MR) is 70.2 cm³/mol. The standard InChI is InChI=1S/C14H16FN3O/c1-9(13-8-16-18(3)10(13)2)17-14(19)11-4-6-12(15)7-5-11/h4-9H,1-3H3,(H,17,19). The molecular formula is C14H16FN3O. The Hall–Kier alpha value is -2.17. The Morgan fingerprint density at radius 1 is 1.37 bits per heavy atom. The van der Waals surface area contributed by atoms with Gasteiger partial charge < -0.3 is 5.32 Å². The third kappa shape index (κ3) is 2.81. The minimum absolute atomic E-state index is 0.147. The van der Waals surface area contributed by atoms with E-state index in [0.717, 1.165) is 11.3 Å². The molecule has 2 aromatic rings. The summed E-state index contributed by atoms with van der Waals surface area (Å²) in [4.78, 5) is 12.0. The van der Waals surface area contributed by atoms with Crippen LogP contribution in [0.2, 0.25) is 0 Å². The molecule has 2 rings (SSSR count). The van der Waals surface area contributed by atoms with Gasteiger partial charge in [-0.15, -0.1) is 0 Å². The van der Waals surface area contributed by atoms with E-state index in [1.165, 1.54) is 24.3 Å². The summed E-state index contributed by atoms with van der Waals surface area (Å²) in [5, 5.41) is 7.02. The summed E-state index contributed by atoms with van der Waals surface area (Å²) in [5.74, 6) is -0.580. The van der Waals surface area contributed by atoms with E-state index in [4.69, 9.17) is 0 Å². The minimum Gasteiger partial charge on any atom is -0.345 e. The lowest BCUT2D eigenvalue weighted by atomic mass is 10.1. The second kappa shape index (κ2) is 5.22. The first-order chi connectivity index (χ1) is 8.99. The van der Waals surface area contributed by atoms with Crippen LogP contribution in [0.15, 0.2) is 30.5 Å². The van der Waals surface area contributed by atoms with Crippen LogP contribution in [0, 0.1) is 12.7 Å². The zero-order valence-corrected chi connectivity index (χ0v) is 11.1. The Morgan fingerprint density at radius 2 is 2.00 bits per heavy atom. The average molecular weight is 261 g/mol. The molecule has 1 N–H and O–H groups in total. The quantitative estimate of drug-likeness (QED) is 0.922. The van der Waals surface area contributed by atoms with E-state index in [-0.39, 0.29) is 17.8 Å². The summed E-state index contributed by atoms with van der Waals surface area (Å²) < 4.78 is 14.6. The number of aryl methyl sites for hydroxylation is 1. The molecule has 1 atom stereocenters. The molecule has 0 fully saturated rings. The number of aromatic nitrogens is 2. The largest absolute Gasteiger partial charge is 0.345 e. The predicted octanol–water partition coefficient (Wildman–Crippen LogP) is 2.36. The first-order valence-electron chi connectivity index (χ1n) is 6.04. The molecule has 100 valence electrons. The summed E-state index contributed by atoms with van der Waals surface area (Å²) in [7, 11) is 1.85. The number of nitrogens with zero attached hydrogens (tertiary/aromatic N) is 2. The first kappa shape index (κ1) is 13.3. The number of carbonyl (C=O) groups excluding carboxylic acids is 1. The SMILES string of the molecule is Cc1c(C(C)NC(=O)c2ccc(F)cc2)cnn1C. The van der Waals surface area contributed by atoms with Crippen molar-refractivity contribution < 1.29 is 9.18 Å². The number of hydrogen-bond acceptors (Lipinski definition) is 2. The Balaban J connectivity index is 2.10. The number of carbonyl (C=O) groups is 1. The third-order valence-corrected chi connectivity index (χ3v) is 3.19. The van der Waals surface area contributed by atoms with Gasteiger partial charge in [0, 0.05) is 23.9 Å². The lowest BCUT2D eigenvalue weighted by Gasteiger charge is -2.13. The number of hydrogen-bond donors (Lipinski definition) is 1. The van der Waals surface area contributed by atoms with Crippen molar-refractivity contribution in [3.8, 4) is 0 Å². The van der Waals surface area contributed by atoms with Crippen LogP contribution >= 0.6 is 0 Å². The molecule has 1 aromatic heterocycles. The molecular weight excluding hydrogens is 245 g/mol. The molecule has 1 aromatic carbocycles. The highest BCUT2D eigenvalue weighted by atomic mass is 19.1. The van der Waals surface area contributed by atoms with Crippen LogP contribution in [0.3, 0.4) is 0 Å². The maximum absolute atomic E-state index is 12.8. The smallest absolute Gasteiger partial charge is 0.251 e. The molecule has 0 aliphatic heterocycles. The van der Waals surface area contributed by atoms with Crippen molar-refractivity contribution in [1.29, 1.82) is 0 Å². The highest BCUT2D eigenvalue weighted by Crippen LogP contribution is 2.16. The van der Waals surface area contributed by atoms with Crippen molar-refractivity contribution in [2.24, 2.45) is 7.05 Å². The van der Waals surface area contributed by atoms with Crippen LogP contribution in [0.1, 0.15) is 34.6 Å². The van der Waals surface area contributed by atoms with E-state index < -0.39 is 0 Å². The fraction of sp³-hybridized carbons (Fsp3) is 0.286. The van der Waals surface area contributed by atoms with Gasteiger partial charge in [0.1, 0.15) is 5.82 Å². The zero-order chi connectivity index (χ0) is 14.0. The van der Waals surface area contributed by atoms with E-state index in [2.05, 4.69) is 10.4 Å². The number of benzene rings is 1. The first-order valence-corrected chi connectivity index (χ1v) is 6.04. The molecule has 0 radical (unpaired) electrons. The molecule has 5 heteroatoms. The van der Waals surface area contributed by atoms with E-state index in [1.54, 1.807) is 10.9 Å². The van der Waals surface area contributed by atoms with Crippen LogP contribution in [0.4, 0.5) is 4.39 Å². The van der Waals surface area contributed by atoms with Crippen LogP contribution in [0.25, 0.3) is 0 Å². The van der Waals surface area contributed by atoms with Gasteiger partial charge in [-0.05, 0) is 38.1 Å². The van der Waals surface area contributed by atoms with E-state index >= 15 is 0 Å². The van der Waals surface area contributed by atoms with Gasteiger partial charge in [0.15, 0.2) is 0 Å². The third-order valence-electron chi connectivity index (χ3n) is 3.19. The zero-order valence-electron chi connectivity index (χ0n) is 11.1. The van der Waals surface area contributed by atoms with Crippen molar-refractivity contribution in [2.45, 2.75) is 19.9 Å². The molecule has 1 unspecified atom stereocenters. The van der Waals surface area contributed by atoms with Gasteiger partial charge in [-0.1, -0.05) is 0 Å². The minimum atomic E-state index is -0.354. The fourth-order valence-electron chi connectivity index (χ4n) is 1.90. The van der Waals surface area contributed by atoms with E-state index in [9.17, 15) is 9.18 Å². The Morgan fingerprint density at radius 3 is 2.53 bits per heavy atom. The summed E-state index contributed by atoms with van der Waals surface area (Å²) in [6.45, 7) is 3.84. The monoisotopic (exact) mass is 261 g/mol. The molecule has 0 aliphatic rings. The normalized spacial score (nSPS) is 12.2. The van der Waals surface area contributed by atoms with Crippen molar-refractivity contribution in [1.82, 2.24) is 15.1 Å². The second-order valence-electron chi connectivity index (χ2n) is 4.51. The maximum Gasteiger partial charge on any atom is 0.251 e. The van der Waals surface area contributed by atoms with Gasteiger partial charge in [-0.3, -0.25) is 9.48 Å². The molecule has 1 amide bonds. The molecule has 0 saturated carbocycles. The molecule has 0 aliphatic carbocycles. The number of nitrogens with one attached hydrogen (secondary N) is 1. The maximum atomic E-state index is 12.8. The average Bonchev–Trinajstić information content (AvgIpc) is 2.70. The Labute approximate surface area is 111 Å². The van der Waals surface area contributed by atoms with E-state index in [0.29, 0.717) is 5.56 Å². The number of rotatable bonds is 3. The van der Waals surface area contributed by atoms with Crippen molar-refractivity contribution >= 4 is 5.91 Å².